The average molecular weight is 340 g/mol. The van der Waals surface area contributed by atoms with Gasteiger partial charge in [0.1, 0.15) is 0 Å². The van der Waals surface area contributed by atoms with Gasteiger partial charge in [-0.25, -0.2) is 0 Å². The minimum absolute atomic E-state index is 0.104. The largest absolute Gasteiger partial charge is 0.362 e. The van der Waals surface area contributed by atoms with E-state index in [2.05, 4.69) is 56.6 Å². The smallest absolute Gasteiger partial charge is 0.239 e. The highest BCUT2D eigenvalue weighted by Gasteiger charge is 2.15. The normalized spacial score (nSPS) is 15.9. The second kappa shape index (κ2) is 7.64. The van der Waals surface area contributed by atoms with Gasteiger partial charge in [0.25, 0.3) is 0 Å². The van der Waals surface area contributed by atoms with Crippen LogP contribution >= 0.6 is 15.9 Å². The second-order valence-electron chi connectivity index (χ2n) is 5.08. The molecule has 0 bridgehead atoms. The SMILES string of the molecule is CCCNCc1ccc(N2CCCNC(=O)C2)cc1Br. The molecule has 1 amide bonds. The first-order chi connectivity index (χ1) is 9.70. The molecule has 2 N–H and O–H groups in total. The van der Waals surface area contributed by atoms with Gasteiger partial charge in [-0.05, 0) is 37.1 Å². The maximum absolute atomic E-state index is 11.6. The molecule has 0 aliphatic carbocycles. The van der Waals surface area contributed by atoms with Crippen molar-refractivity contribution in [2.45, 2.75) is 26.3 Å². The highest BCUT2D eigenvalue weighted by atomic mass is 79.9. The number of anilines is 1. The molecule has 1 aromatic carbocycles. The second-order valence-corrected chi connectivity index (χ2v) is 5.93. The number of benzene rings is 1. The van der Waals surface area contributed by atoms with Crippen LogP contribution in [0.1, 0.15) is 25.3 Å². The highest BCUT2D eigenvalue weighted by Crippen LogP contribution is 2.24. The highest BCUT2D eigenvalue weighted by molar-refractivity contribution is 9.10. The molecule has 2 rings (SSSR count). The molecule has 20 heavy (non-hydrogen) atoms. The third-order valence-corrected chi connectivity index (χ3v) is 4.14. The molecule has 0 aromatic heterocycles. The molecule has 1 heterocycles. The van der Waals surface area contributed by atoms with E-state index in [1.807, 2.05) is 0 Å². The Morgan fingerprint density at radius 1 is 1.45 bits per heavy atom. The molecule has 1 saturated heterocycles. The van der Waals surface area contributed by atoms with Crippen LogP contribution in [0.4, 0.5) is 5.69 Å². The zero-order chi connectivity index (χ0) is 14.4. The molecular weight excluding hydrogens is 318 g/mol. The zero-order valence-corrected chi connectivity index (χ0v) is 13.5. The van der Waals surface area contributed by atoms with Crippen molar-refractivity contribution in [1.29, 1.82) is 0 Å². The lowest BCUT2D eigenvalue weighted by molar-refractivity contribution is -0.119. The number of amides is 1. The fraction of sp³-hybridized carbons (Fsp3) is 0.533. The van der Waals surface area contributed by atoms with E-state index in [-0.39, 0.29) is 5.91 Å². The standard InChI is InChI=1S/C15H22BrN3O/c1-2-6-17-10-12-4-5-13(9-14(12)16)19-8-3-7-18-15(20)11-19/h4-5,9,17H,2-3,6-8,10-11H2,1H3,(H,18,20). The molecule has 0 saturated carbocycles. The Kier molecular flexibility index (Phi) is 5.86. The van der Waals surface area contributed by atoms with Gasteiger partial charge in [-0.3, -0.25) is 4.79 Å². The number of hydrogen-bond acceptors (Lipinski definition) is 3. The van der Waals surface area contributed by atoms with Crippen LogP contribution in [0.5, 0.6) is 0 Å². The number of nitrogens with one attached hydrogen (secondary N) is 2. The van der Waals surface area contributed by atoms with Crippen LogP contribution < -0.4 is 15.5 Å². The van der Waals surface area contributed by atoms with Crippen molar-refractivity contribution in [3.63, 3.8) is 0 Å². The third kappa shape index (κ3) is 4.21. The van der Waals surface area contributed by atoms with E-state index in [9.17, 15) is 4.79 Å². The minimum Gasteiger partial charge on any atom is -0.362 e. The van der Waals surface area contributed by atoms with Gasteiger partial charge in [0.05, 0.1) is 6.54 Å². The van der Waals surface area contributed by atoms with Crippen LogP contribution in [0, 0.1) is 0 Å². The molecule has 1 aromatic rings. The summed E-state index contributed by atoms with van der Waals surface area (Å²) in [6.45, 7) is 6.19. The summed E-state index contributed by atoms with van der Waals surface area (Å²) in [5, 5.41) is 6.30. The number of carbonyl (C=O) groups excluding carboxylic acids is 1. The number of hydrogen-bond donors (Lipinski definition) is 2. The Balaban J connectivity index is 2.05. The Labute approximate surface area is 129 Å². The number of carbonyl (C=O) groups is 1. The minimum atomic E-state index is 0.104. The summed E-state index contributed by atoms with van der Waals surface area (Å²) >= 11 is 3.63. The van der Waals surface area contributed by atoms with E-state index in [4.69, 9.17) is 0 Å². The molecule has 1 fully saturated rings. The van der Waals surface area contributed by atoms with Gasteiger partial charge < -0.3 is 15.5 Å². The van der Waals surface area contributed by atoms with E-state index >= 15 is 0 Å². The maximum Gasteiger partial charge on any atom is 0.239 e. The Morgan fingerprint density at radius 3 is 3.05 bits per heavy atom. The van der Waals surface area contributed by atoms with Crippen molar-refractivity contribution in [3.05, 3.63) is 28.2 Å². The summed E-state index contributed by atoms with van der Waals surface area (Å²) < 4.78 is 1.10. The van der Waals surface area contributed by atoms with Gasteiger partial charge in [-0.15, -0.1) is 0 Å². The zero-order valence-electron chi connectivity index (χ0n) is 11.9. The first kappa shape index (κ1) is 15.3. The first-order valence-electron chi connectivity index (χ1n) is 7.21. The van der Waals surface area contributed by atoms with Crippen molar-refractivity contribution in [3.8, 4) is 0 Å². The predicted octanol–water partition coefficient (Wildman–Crippen LogP) is 2.28. The van der Waals surface area contributed by atoms with E-state index in [0.29, 0.717) is 6.54 Å². The molecule has 0 spiro atoms. The first-order valence-corrected chi connectivity index (χ1v) is 8.01. The summed E-state index contributed by atoms with van der Waals surface area (Å²) in [7, 11) is 0. The van der Waals surface area contributed by atoms with E-state index in [0.717, 1.165) is 49.2 Å². The Morgan fingerprint density at radius 2 is 2.30 bits per heavy atom. The van der Waals surface area contributed by atoms with Crippen LogP contribution in [0.3, 0.4) is 0 Å². The summed E-state index contributed by atoms with van der Waals surface area (Å²) in [6.07, 6.45) is 2.13. The number of rotatable bonds is 5. The third-order valence-electron chi connectivity index (χ3n) is 3.41. The van der Waals surface area contributed by atoms with E-state index < -0.39 is 0 Å². The molecule has 110 valence electrons. The topological polar surface area (TPSA) is 44.4 Å². The lowest BCUT2D eigenvalue weighted by Gasteiger charge is -2.22. The molecule has 5 heteroatoms. The summed E-state index contributed by atoms with van der Waals surface area (Å²) in [6, 6.07) is 6.35. The number of nitrogens with zero attached hydrogens (tertiary/aromatic N) is 1. The monoisotopic (exact) mass is 339 g/mol. The average Bonchev–Trinajstić information content (AvgIpc) is 2.65. The molecule has 1 aliphatic heterocycles. The lowest BCUT2D eigenvalue weighted by atomic mass is 10.2. The predicted molar refractivity (Wildman–Crippen MR) is 86.0 cm³/mol. The van der Waals surface area contributed by atoms with Crippen molar-refractivity contribution in [2.24, 2.45) is 0 Å². The maximum atomic E-state index is 11.6. The molecule has 0 unspecified atom stereocenters. The van der Waals surface area contributed by atoms with Crippen LogP contribution in [0.2, 0.25) is 0 Å². The van der Waals surface area contributed by atoms with E-state index in [1.165, 1.54) is 5.56 Å². The van der Waals surface area contributed by atoms with Crippen molar-refractivity contribution >= 4 is 27.5 Å². The quantitative estimate of drug-likeness (QED) is 0.809. The lowest BCUT2D eigenvalue weighted by Crippen LogP contribution is -2.33. The Bertz CT molecular complexity index is 464. The molecular formula is C15H22BrN3O. The fourth-order valence-electron chi connectivity index (χ4n) is 2.30. The van der Waals surface area contributed by atoms with Gasteiger partial charge in [0, 0.05) is 29.8 Å². The van der Waals surface area contributed by atoms with Crippen LogP contribution in [-0.2, 0) is 11.3 Å². The molecule has 1 aliphatic rings. The number of halogens is 1. The molecule has 0 atom stereocenters. The Hall–Kier alpha value is -1.07. The van der Waals surface area contributed by atoms with Gasteiger partial charge in [-0.1, -0.05) is 28.9 Å². The molecule has 4 nitrogen and oxygen atoms in total. The van der Waals surface area contributed by atoms with Gasteiger partial charge in [-0.2, -0.15) is 0 Å². The summed E-state index contributed by atoms with van der Waals surface area (Å²) in [5.74, 6) is 0.104. The van der Waals surface area contributed by atoms with E-state index in [1.54, 1.807) is 0 Å². The van der Waals surface area contributed by atoms with Crippen molar-refractivity contribution < 1.29 is 4.79 Å². The van der Waals surface area contributed by atoms with Crippen LogP contribution in [0.25, 0.3) is 0 Å². The van der Waals surface area contributed by atoms with Gasteiger partial charge in [0.15, 0.2) is 0 Å². The van der Waals surface area contributed by atoms with Crippen LogP contribution in [-0.4, -0.2) is 32.1 Å². The molecule has 0 radical (unpaired) electrons. The van der Waals surface area contributed by atoms with Crippen molar-refractivity contribution in [1.82, 2.24) is 10.6 Å². The van der Waals surface area contributed by atoms with Gasteiger partial charge >= 0.3 is 0 Å². The summed E-state index contributed by atoms with van der Waals surface area (Å²) in [4.78, 5) is 13.8. The fourth-order valence-corrected chi connectivity index (χ4v) is 2.81. The van der Waals surface area contributed by atoms with Crippen LogP contribution in [0.15, 0.2) is 22.7 Å². The van der Waals surface area contributed by atoms with Crippen molar-refractivity contribution in [2.75, 3.05) is 31.1 Å². The summed E-state index contributed by atoms with van der Waals surface area (Å²) in [5.41, 5.74) is 2.36. The van der Waals surface area contributed by atoms with Gasteiger partial charge in [0.2, 0.25) is 5.91 Å².